The van der Waals surface area contributed by atoms with E-state index in [1.165, 1.54) is 0 Å². The topological polar surface area (TPSA) is 66.6 Å². The van der Waals surface area contributed by atoms with Crippen LogP contribution in [0, 0.1) is 5.41 Å². The smallest absolute Gasteiger partial charge is 0.255 e. The lowest BCUT2D eigenvalue weighted by Crippen LogP contribution is -2.50. The summed E-state index contributed by atoms with van der Waals surface area (Å²) in [6.45, 7) is 3.00. The number of carbonyl (C=O) groups is 1. The van der Waals surface area contributed by atoms with Gasteiger partial charge in [0.15, 0.2) is 0 Å². The molecule has 1 amide bonds. The fourth-order valence-electron chi connectivity index (χ4n) is 2.49. The van der Waals surface area contributed by atoms with Crippen molar-refractivity contribution >= 4 is 5.91 Å². The SMILES string of the molecule is CCCC(CN)(CCC)C(=O)N(CCO)CC(F)F. The van der Waals surface area contributed by atoms with Crippen molar-refractivity contribution in [1.29, 1.82) is 0 Å². The van der Waals surface area contributed by atoms with Crippen molar-refractivity contribution in [1.82, 2.24) is 4.90 Å². The van der Waals surface area contributed by atoms with Gasteiger partial charge < -0.3 is 15.7 Å². The molecule has 3 N–H and O–H groups in total. The maximum atomic E-state index is 12.5. The van der Waals surface area contributed by atoms with Gasteiger partial charge >= 0.3 is 0 Å². The molecule has 0 heterocycles. The first-order valence-corrected chi connectivity index (χ1v) is 6.85. The summed E-state index contributed by atoms with van der Waals surface area (Å²) in [5.74, 6) is -0.354. The number of nitrogens with two attached hydrogens (primary N) is 1. The molecule has 0 rings (SSSR count). The zero-order valence-electron chi connectivity index (χ0n) is 11.9. The predicted octanol–water partition coefficient (Wildman–Crippen LogP) is 1.62. The van der Waals surface area contributed by atoms with Crippen molar-refractivity contribution in [2.24, 2.45) is 11.1 Å². The van der Waals surface area contributed by atoms with E-state index >= 15 is 0 Å². The molecule has 0 aromatic rings. The van der Waals surface area contributed by atoms with E-state index in [4.69, 9.17) is 10.8 Å². The Morgan fingerprint density at radius 2 is 1.84 bits per heavy atom. The minimum absolute atomic E-state index is 0.0711. The number of nitrogens with zero attached hydrogens (tertiary/aromatic N) is 1. The van der Waals surface area contributed by atoms with Crippen LogP contribution in [0.15, 0.2) is 0 Å². The highest BCUT2D eigenvalue weighted by atomic mass is 19.3. The minimum Gasteiger partial charge on any atom is -0.395 e. The van der Waals surface area contributed by atoms with Crippen LogP contribution in [0.4, 0.5) is 8.78 Å². The van der Waals surface area contributed by atoms with Crippen molar-refractivity contribution in [2.75, 3.05) is 26.2 Å². The summed E-state index contributed by atoms with van der Waals surface area (Å²) < 4.78 is 25.1. The number of alkyl halides is 2. The number of hydrogen-bond donors (Lipinski definition) is 2. The minimum atomic E-state index is -2.60. The second kappa shape index (κ2) is 9.20. The molecule has 0 atom stereocenters. The first kappa shape index (κ1) is 18.2. The summed E-state index contributed by atoms with van der Waals surface area (Å²) in [6, 6.07) is 0. The fourth-order valence-corrected chi connectivity index (χ4v) is 2.49. The van der Waals surface area contributed by atoms with Gasteiger partial charge in [-0.3, -0.25) is 4.79 Å². The maximum Gasteiger partial charge on any atom is 0.255 e. The van der Waals surface area contributed by atoms with Crippen LogP contribution in [-0.4, -0.2) is 48.6 Å². The molecular weight excluding hydrogens is 254 g/mol. The predicted molar refractivity (Wildman–Crippen MR) is 71.0 cm³/mol. The lowest BCUT2D eigenvalue weighted by atomic mass is 9.78. The molecule has 0 aromatic heterocycles. The molecule has 0 aromatic carbocycles. The quantitative estimate of drug-likeness (QED) is 0.639. The largest absolute Gasteiger partial charge is 0.395 e. The Kier molecular flexibility index (Phi) is 8.84. The molecule has 0 fully saturated rings. The molecule has 0 saturated carbocycles. The third-order valence-electron chi connectivity index (χ3n) is 3.32. The molecular formula is C13H26F2N2O2. The highest BCUT2D eigenvalue weighted by Crippen LogP contribution is 2.31. The summed E-state index contributed by atoms with van der Waals surface area (Å²) in [5.41, 5.74) is 4.98. The van der Waals surface area contributed by atoms with Crippen LogP contribution in [0.1, 0.15) is 39.5 Å². The number of amides is 1. The third-order valence-corrected chi connectivity index (χ3v) is 3.32. The molecule has 19 heavy (non-hydrogen) atoms. The van der Waals surface area contributed by atoms with E-state index in [2.05, 4.69) is 0 Å². The normalized spacial score (nSPS) is 11.9. The number of halogens is 2. The third kappa shape index (κ3) is 5.40. The molecule has 6 heteroatoms. The zero-order chi connectivity index (χ0) is 14.9. The van der Waals surface area contributed by atoms with Gasteiger partial charge in [0.25, 0.3) is 6.43 Å². The number of aliphatic hydroxyl groups excluding tert-OH is 1. The maximum absolute atomic E-state index is 12.5. The van der Waals surface area contributed by atoms with Crippen LogP contribution in [0.3, 0.4) is 0 Å². The Morgan fingerprint density at radius 3 is 2.16 bits per heavy atom. The molecule has 0 aliphatic heterocycles. The number of rotatable bonds is 10. The average molecular weight is 280 g/mol. The van der Waals surface area contributed by atoms with Gasteiger partial charge in [0.2, 0.25) is 5.91 Å². The molecule has 0 bridgehead atoms. The highest BCUT2D eigenvalue weighted by molar-refractivity contribution is 5.83. The van der Waals surface area contributed by atoms with Crippen molar-refractivity contribution in [3.63, 3.8) is 0 Å². The molecule has 0 saturated heterocycles. The van der Waals surface area contributed by atoms with Gasteiger partial charge in [0.1, 0.15) is 0 Å². The Hall–Kier alpha value is -0.750. The molecule has 114 valence electrons. The van der Waals surface area contributed by atoms with Crippen molar-refractivity contribution in [3.05, 3.63) is 0 Å². The molecule has 0 radical (unpaired) electrons. The standard InChI is InChI=1S/C13H26F2N2O2/c1-3-5-13(10-16,6-4-2)12(19)17(7-8-18)9-11(14)15/h11,18H,3-10,16H2,1-2H3. The average Bonchev–Trinajstić information content (AvgIpc) is 2.36. The van der Waals surface area contributed by atoms with E-state index in [1.807, 2.05) is 13.8 Å². The van der Waals surface area contributed by atoms with Crippen LogP contribution >= 0.6 is 0 Å². The van der Waals surface area contributed by atoms with Crippen molar-refractivity contribution < 1.29 is 18.7 Å². The molecule has 0 aliphatic rings. The molecule has 0 unspecified atom stereocenters. The summed E-state index contributed by atoms with van der Waals surface area (Å²) in [5, 5.41) is 8.93. The molecule has 0 spiro atoms. The van der Waals surface area contributed by atoms with Gasteiger partial charge in [-0.15, -0.1) is 0 Å². The second-order valence-electron chi connectivity index (χ2n) is 4.85. The lowest BCUT2D eigenvalue weighted by molar-refractivity contribution is -0.145. The van der Waals surface area contributed by atoms with Gasteiger partial charge in [0, 0.05) is 13.1 Å². The van der Waals surface area contributed by atoms with Crippen LogP contribution in [0.2, 0.25) is 0 Å². The number of carbonyl (C=O) groups excluding carboxylic acids is 1. The van der Waals surface area contributed by atoms with Gasteiger partial charge in [-0.05, 0) is 12.8 Å². The van der Waals surface area contributed by atoms with Gasteiger partial charge in [0.05, 0.1) is 18.6 Å². The number of hydrogen-bond acceptors (Lipinski definition) is 3. The Labute approximate surface area is 114 Å². The van der Waals surface area contributed by atoms with E-state index in [-0.39, 0.29) is 25.6 Å². The van der Waals surface area contributed by atoms with E-state index in [1.54, 1.807) is 0 Å². The Morgan fingerprint density at radius 1 is 1.32 bits per heavy atom. The Bertz CT molecular complexity index is 257. The second-order valence-corrected chi connectivity index (χ2v) is 4.85. The molecule has 0 aliphatic carbocycles. The summed E-state index contributed by atoms with van der Waals surface area (Å²) >= 11 is 0. The van der Waals surface area contributed by atoms with Crippen molar-refractivity contribution in [2.45, 2.75) is 46.0 Å². The molecule has 4 nitrogen and oxygen atoms in total. The summed E-state index contributed by atoms with van der Waals surface area (Å²) in [7, 11) is 0. The van der Waals surface area contributed by atoms with Crippen LogP contribution < -0.4 is 5.73 Å². The first-order chi connectivity index (χ1) is 8.97. The van der Waals surface area contributed by atoms with E-state index < -0.39 is 18.4 Å². The van der Waals surface area contributed by atoms with E-state index in [9.17, 15) is 13.6 Å². The lowest BCUT2D eigenvalue weighted by Gasteiger charge is -2.36. The van der Waals surface area contributed by atoms with Gasteiger partial charge in [-0.1, -0.05) is 26.7 Å². The van der Waals surface area contributed by atoms with E-state index in [0.29, 0.717) is 12.8 Å². The Balaban J connectivity index is 5.08. The van der Waals surface area contributed by atoms with E-state index in [0.717, 1.165) is 17.7 Å². The summed E-state index contributed by atoms with van der Waals surface area (Å²) in [4.78, 5) is 13.5. The van der Waals surface area contributed by atoms with Crippen LogP contribution in [-0.2, 0) is 4.79 Å². The highest BCUT2D eigenvalue weighted by Gasteiger charge is 2.38. The first-order valence-electron chi connectivity index (χ1n) is 6.85. The van der Waals surface area contributed by atoms with Gasteiger partial charge in [-0.25, -0.2) is 8.78 Å². The van der Waals surface area contributed by atoms with Crippen LogP contribution in [0.5, 0.6) is 0 Å². The van der Waals surface area contributed by atoms with Crippen molar-refractivity contribution in [3.8, 4) is 0 Å². The zero-order valence-corrected chi connectivity index (χ0v) is 11.9. The fraction of sp³-hybridized carbons (Fsp3) is 0.923. The van der Waals surface area contributed by atoms with Crippen LogP contribution in [0.25, 0.3) is 0 Å². The van der Waals surface area contributed by atoms with Gasteiger partial charge in [-0.2, -0.15) is 0 Å². The summed E-state index contributed by atoms with van der Waals surface area (Å²) in [6.07, 6.45) is 0.104. The number of aliphatic hydroxyl groups is 1. The monoisotopic (exact) mass is 280 g/mol.